The predicted molar refractivity (Wildman–Crippen MR) is 73.5 cm³/mol. The number of hydrogen-bond acceptors (Lipinski definition) is 7. The number of aliphatic hydroxyl groups excluding tert-OH is 4. The Morgan fingerprint density at radius 3 is 2.55 bits per heavy atom. The Kier molecular flexibility index (Phi) is 4.19. The molecule has 8 heteroatoms. The Hall–Kier alpha value is -1.84. The van der Waals surface area contributed by atoms with Crippen molar-refractivity contribution in [2.75, 3.05) is 6.61 Å². The van der Waals surface area contributed by atoms with Gasteiger partial charge in [-0.15, -0.1) is 0 Å². The summed E-state index contributed by atoms with van der Waals surface area (Å²) < 4.78 is 6.58. The SMILES string of the molecule is OC[C@H]1O[C@@H](n2cnc(C(O)c3ccccc3)n2)C(O)[C@H]1O. The van der Waals surface area contributed by atoms with Crippen molar-refractivity contribution in [2.24, 2.45) is 0 Å². The van der Waals surface area contributed by atoms with Crippen LogP contribution in [0.3, 0.4) is 0 Å². The van der Waals surface area contributed by atoms with E-state index in [1.807, 2.05) is 6.07 Å². The number of benzene rings is 1. The zero-order valence-electron chi connectivity index (χ0n) is 11.6. The van der Waals surface area contributed by atoms with E-state index in [0.717, 1.165) is 0 Å². The lowest BCUT2D eigenvalue weighted by atomic mass is 10.1. The van der Waals surface area contributed by atoms with Gasteiger partial charge in [-0.05, 0) is 5.56 Å². The molecular weight excluding hydrogens is 290 g/mol. The Morgan fingerprint density at radius 1 is 1.18 bits per heavy atom. The van der Waals surface area contributed by atoms with Crippen molar-refractivity contribution in [3.63, 3.8) is 0 Å². The van der Waals surface area contributed by atoms with Crippen LogP contribution in [0, 0.1) is 0 Å². The fourth-order valence-corrected chi connectivity index (χ4v) is 2.42. The molecule has 22 heavy (non-hydrogen) atoms. The molecule has 0 amide bonds. The molecule has 1 fully saturated rings. The third kappa shape index (κ3) is 2.62. The molecule has 8 nitrogen and oxygen atoms in total. The number of rotatable bonds is 4. The highest BCUT2D eigenvalue weighted by atomic mass is 16.6. The molecule has 0 spiro atoms. The molecular formula is C14H17N3O5. The highest BCUT2D eigenvalue weighted by Crippen LogP contribution is 2.29. The first-order valence-corrected chi connectivity index (χ1v) is 6.88. The Labute approximate surface area is 126 Å². The monoisotopic (exact) mass is 307 g/mol. The second-order valence-corrected chi connectivity index (χ2v) is 5.12. The van der Waals surface area contributed by atoms with Gasteiger partial charge in [0.1, 0.15) is 30.7 Å². The van der Waals surface area contributed by atoms with Crippen LogP contribution in [-0.4, -0.2) is 60.1 Å². The topological polar surface area (TPSA) is 121 Å². The minimum atomic E-state index is -1.24. The molecule has 0 aliphatic carbocycles. The van der Waals surface area contributed by atoms with Crippen molar-refractivity contribution in [3.8, 4) is 0 Å². The number of aromatic nitrogens is 3. The molecule has 1 saturated heterocycles. The molecule has 0 radical (unpaired) electrons. The first-order valence-electron chi connectivity index (χ1n) is 6.88. The molecule has 4 N–H and O–H groups in total. The lowest BCUT2D eigenvalue weighted by Crippen LogP contribution is -2.33. The van der Waals surface area contributed by atoms with Crippen LogP contribution in [0.25, 0.3) is 0 Å². The summed E-state index contributed by atoms with van der Waals surface area (Å²) >= 11 is 0. The number of hydrogen-bond donors (Lipinski definition) is 4. The fraction of sp³-hybridized carbons (Fsp3) is 0.429. The van der Waals surface area contributed by atoms with Gasteiger partial charge < -0.3 is 25.2 Å². The molecule has 3 rings (SSSR count). The minimum absolute atomic E-state index is 0.156. The maximum Gasteiger partial charge on any atom is 0.183 e. The molecule has 2 unspecified atom stereocenters. The van der Waals surface area contributed by atoms with Gasteiger partial charge in [0.2, 0.25) is 0 Å². The average molecular weight is 307 g/mol. The van der Waals surface area contributed by atoms with Gasteiger partial charge in [0.25, 0.3) is 0 Å². The van der Waals surface area contributed by atoms with Crippen LogP contribution in [0.2, 0.25) is 0 Å². The number of ether oxygens (including phenoxy) is 1. The molecule has 118 valence electrons. The van der Waals surface area contributed by atoms with Crippen molar-refractivity contribution >= 4 is 0 Å². The van der Waals surface area contributed by atoms with E-state index in [0.29, 0.717) is 5.56 Å². The van der Waals surface area contributed by atoms with Crippen LogP contribution >= 0.6 is 0 Å². The van der Waals surface area contributed by atoms with Crippen LogP contribution in [0.15, 0.2) is 36.7 Å². The van der Waals surface area contributed by atoms with Crippen molar-refractivity contribution in [2.45, 2.75) is 30.6 Å². The van der Waals surface area contributed by atoms with Gasteiger partial charge >= 0.3 is 0 Å². The Balaban J connectivity index is 1.80. The first kappa shape index (κ1) is 15.1. The van der Waals surface area contributed by atoms with Crippen molar-refractivity contribution in [1.29, 1.82) is 0 Å². The van der Waals surface area contributed by atoms with E-state index in [2.05, 4.69) is 10.1 Å². The van der Waals surface area contributed by atoms with E-state index in [9.17, 15) is 15.3 Å². The van der Waals surface area contributed by atoms with Crippen LogP contribution < -0.4 is 0 Å². The van der Waals surface area contributed by atoms with Crippen molar-refractivity contribution in [3.05, 3.63) is 48.0 Å². The molecule has 1 aliphatic heterocycles. The summed E-state index contributed by atoms with van der Waals surface area (Å²) in [7, 11) is 0. The standard InChI is InChI=1S/C14H17N3O5/c18-6-9-11(20)12(21)14(22-9)17-7-15-13(16-17)10(19)8-4-2-1-3-5-8/h1-5,7,9-12,14,18-21H,6H2/t9-,10?,11+,12?,14-/m1/s1. The molecule has 5 atom stereocenters. The zero-order chi connectivity index (χ0) is 15.7. The summed E-state index contributed by atoms with van der Waals surface area (Å²) in [5.41, 5.74) is 0.640. The molecule has 1 aromatic carbocycles. The summed E-state index contributed by atoms with van der Waals surface area (Å²) in [6.07, 6.45) is -3.98. The zero-order valence-corrected chi connectivity index (χ0v) is 11.6. The van der Waals surface area contributed by atoms with Gasteiger partial charge in [-0.1, -0.05) is 30.3 Å². The molecule has 2 heterocycles. The van der Waals surface area contributed by atoms with E-state index in [-0.39, 0.29) is 5.82 Å². The van der Waals surface area contributed by atoms with Gasteiger partial charge in [-0.2, -0.15) is 5.10 Å². The Bertz CT molecular complexity index is 620. The summed E-state index contributed by atoms with van der Waals surface area (Å²) in [5.74, 6) is 0.156. The van der Waals surface area contributed by atoms with E-state index in [4.69, 9.17) is 9.84 Å². The second kappa shape index (κ2) is 6.11. The van der Waals surface area contributed by atoms with E-state index in [1.165, 1.54) is 11.0 Å². The summed E-state index contributed by atoms with van der Waals surface area (Å²) in [6.45, 7) is -0.414. The lowest BCUT2D eigenvalue weighted by Gasteiger charge is -2.14. The number of nitrogens with zero attached hydrogens (tertiary/aromatic N) is 3. The van der Waals surface area contributed by atoms with Gasteiger partial charge in [0.05, 0.1) is 6.61 Å². The van der Waals surface area contributed by atoms with Gasteiger partial charge in [0.15, 0.2) is 12.1 Å². The van der Waals surface area contributed by atoms with E-state index in [1.54, 1.807) is 24.3 Å². The lowest BCUT2D eigenvalue weighted by molar-refractivity contribution is -0.0591. The van der Waals surface area contributed by atoms with Crippen molar-refractivity contribution < 1.29 is 25.2 Å². The van der Waals surface area contributed by atoms with E-state index >= 15 is 0 Å². The first-order chi connectivity index (χ1) is 10.6. The van der Waals surface area contributed by atoms with Gasteiger partial charge in [-0.3, -0.25) is 0 Å². The highest BCUT2D eigenvalue weighted by Gasteiger charge is 2.44. The fourth-order valence-electron chi connectivity index (χ4n) is 2.42. The predicted octanol–water partition coefficient (Wildman–Crippen LogP) is -1.03. The Morgan fingerprint density at radius 2 is 1.91 bits per heavy atom. The highest BCUT2D eigenvalue weighted by molar-refractivity contribution is 5.21. The minimum Gasteiger partial charge on any atom is -0.394 e. The summed E-state index contributed by atoms with van der Waals surface area (Å²) in [6, 6.07) is 8.92. The molecule has 2 aromatic rings. The third-order valence-corrected chi connectivity index (χ3v) is 3.66. The van der Waals surface area contributed by atoms with Gasteiger partial charge in [-0.25, -0.2) is 9.67 Å². The maximum atomic E-state index is 10.2. The summed E-state index contributed by atoms with van der Waals surface area (Å²) in [4.78, 5) is 4.01. The molecule has 0 saturated carbocycles. The molecule has 0 bridgehead atoms. The average Bonchev–Trinajstić information content (AvgIpc) is 3.14. The second-order valence-electron chi connectivity index (χ2n) is 5.12. The van der Waals surface area contributed by atoms with E-state index < -0.39 is 37.3 Å². The summed E-state index contributed by atoms with van der Waals surface area (Å²) in [5, 5.41) is 43.1. The maximum absolute atomic E-state index is 10.2. The molecule has 1 aromatic heterocycles. The van der Waals surface area contributed by atoms with Gasteiger partial charge in [0, 0.05) is 0 Å². The van der Waals surface area contributed by atoms with Crippen LogP contribution in [0.1, 0.15) is 23.7 Å². The normalized spacial score (nSPS) is 29.6. The third-order valence-electron chi connectivity index (χ3n) is 3.66. The van der Waals surface area contributed by atoms with Crippen LogP contribution in [0.5, 0.6) is 0 Å². The van der Waals surface area contributed by atoms with Crippen LogP contribution in [0.4, 0.5) is 0 Å². The quantitative estimate of drug-likeness (QED) is 0.570. The number of aliphatic hydroxyl groups is 4. The van der Waals surface area contributed by atoms with Crippen molar-refractivity contribution in [1.82, 2.24) is 14.8 Å². The van der Waals surface area contributed by atoms with Crippen LogP contribution in [-0.2, 0) is 4.74 Å². The smallest absolute Gasteiger partial charge is 0.183 e. The largest absolute Gasteiger partial charge is 0.394 e. The molecule has 1 aliphatic rings.